The summed E-state index contributed by atoms with van der Waals surface area (Å²) in [5.41, 5.74) is 1.93. The first kappa shape index (κ1) is 21.0. The van der Waals surface area contributed by atoms with Crippen LogP contribution >= 0.6 is 0 Å². The van der Waals surface area contributed by atoms with Crippen molar-refractivity contribution in [2.45, 2.75) is 32.0 Å². The Balaban J connectivity index is 1.67. The molecule has 6 nitrogen and oxygen atoms in total. The quantitative estimate of drug-likeness (QED) is 0.409. The van der Waals surface area contributed by atoms with Crippen molar-refractivity contribution < 1.29 is 22.7 Å². The van der Waals surface area contributed by atoms with E-state index in [0.717, 1.165) is 24.2 Å². The highest BCUT2D eigenvalue weighted by molar-refractivity contribution is 5.95. The molecule has 0 bridgehead atoms. The molecule has 0 aliphatic carbocycles. The fourth-order valence-corrected chi connectivity index (χ4v) is 2.69. The van der Waals surface area contributed by atoms with Crippen molar-refractivity contribution in [2.75, 3.05) is 38.3 Å². The average Bonchev–Trinajstić information content (AvgIpc) is 3.06. The molecule has 150 valence electrons. The second-order valence-electron chi connectivity index (χ2n) is 6.19. The number of alkyl halides is 3. The molecule has 1 aromatic carbocycles. The topological polar surface area (TPSA) is 66.0 Å². The van der Waals surface area contributed by atoms with Crippen LogP contribution in [0.25, 0.3) is 0 Å². The van der Waals surface area contributed by atoms with E-state index in [1.54, 1.807) is 11.9 Å². The van der Waals surface area contributed by atoms with Crippen molar-refractivity contribution in [3.8, 4) is 0 Å². The zero-order valence-corrected chi connectivity index (χ0v) is 15.3. The van der Waals surface area contributed by atoms with E-state index >= 15 is 0 Å². The molecule has 1 aliphatic rings. The third-order valence-electron chi connectivity index (χ3n) is 4.03. The molecule has 0 atom stereocenters. The first-order chi connectivity index (χ1) is 12.9. The van der Waals surface area contributed by atoms with E-state index in [1.807, 2.05) is 24.3 Å². The highest BCUT2D eigenvalue weighted by atomic mass is 19.4. The van der Waals surface area contributed by atoms with Crippen LogP contribution in [0.4, 0.5) is 18.9 Å². The molecule has 9 heteroatoms. The third-order valence-corrected chi connectivity index (χ3v) is 4.03. The first-order valence-electron chi connectivity index (χ1n) is 8.87. The fourth-order valence-electron chi connectivity index (χ4n) is 2.69. The zero-order chi connectivity index (χ0) is 19.7. The van der Waals surface area contributed by atoms with Gasteiger partial charge >= 0.3 is 6.18 Å². The van der Waals surface area contributed by atoms with Gasteiger partial charge in [0.1, 0.15) is 6.61 Å². The van der Waals surface area contributed by atoms with Crippen molar-refractivity contribution in [1.29, 1.82) is 0 Å². The summed E-state index contributed by atoms with van der Waals surface area (Å²) >= 11 is 0. The number of anilines is 1. The maximum atomic E-state index is 12.0. The van der Waals surface area contributed by atoms with Gasteiger partial charge in [-0.15, -0.1) is 0 Å². The lowest BCUT2D eigenvalue weighted by molar-refractivity contribution is -0.173. The Morgan fingerprint density at radius 2 is 2.00 bits per heavy atom. The van der Waals surface area contributed by atoms with Gasteiger partial charge in [-0.25, -0.2) is 0 Å². The summed E-state index contributed by atoms with van der Waals surface area (Å²) in [5, 5.41) is 6.16. The van der Waals surface area contributed by atoms with Gasteiger partial charge in [0.15, 0.2) is 5.96 Å². The first-order valence-corrected chi connectivity index (χ1v) is 8.87. The normalized spacial score (nSPS) is 15.3. The Bertz CT molecular complexity index is 632. The summed E-state index contributed by atoms with van der Waals surface area (Å²) in [6.45, 7) is 0.560. The molecule has 0 spiro atoms. The molecule has 2 N–H and O–H groups in total. The molecular formula is C18H25F3N4O2. The van der Waals surface area contributed by atoms with Crippen LogP contribution in [0.5, 0.6) is 0 Å². The summed E-state index contributed by atoms with van der Waals surface area (Å²) < 4.78 is 40.4. The summed E-state index contributed by atoms with van der Waals surface area (Å²) in [6, 6.07) is 7.75. The number of benzene rings is 1. The minimum atomic E-state index is -4.29. The second-order valence-corrected chi connectivity index (χ2v) is 6.19. The number of rotatable bonds is 8. The van der Waals surface area contributed by atoms with Gasteiger partial charge in [0.25, 0.3) is 0 Å². The second kappa shape index (κ2) is 10.1. The predicted octanol–water partition coefficient (Wildman–Crippen LogP) is 2.45. The predicted molar refractivity (Wildman–Crippen MR) is 97.7 cm³/mol. The Morgan fingerprint density at radius 3 is 2.59 bits per heavy atom. The van der Waals surface area contributed by atoms with Crippen LogP contribution in [0, 0.1) is 0 Å². The maximum Gasteiger partial charge on any atom is 0.411 e. The van der Waals surface area contributed by atoms with Crippen molar-refractivity contribution in [3.63, 3.8) is 0 Å². The van der Waals surface area contributed by atoms with E-state index in [0.29, 0.717) is 31.9 Å². The van der Waals surface area contributed by atoms with Gasteiger partial charge in [0, 0.05) is 45.4 Å². The molecule has 1 aromatic rings. The minimum absolute atomic E-state index is 0.0280. The Hall–Kier alpha value is -2.29. The van der Waals surface area contributed by atoms with Gasteiger partial charge < -0.3 is 20.3 Å². The number of hydrogen-bond acceptors (Lipinski definition) is 3. The molecular weight excluding hydrogens is 361 g/mol. The van der Waals surface area contributed by atoms with E-state index in [-0.39, 0.29) is 12.5 Å². The largest absolute Gasteiger partial charge is 0.411 e. The smallest absolute Gasteiger partial charge is 0.372 e. The van der Waals surface area contributed by atoms with Crippen LogP contribution in [0.1, 0.15) is 24.8 Å². The monoisotopic (exact) mass is 386 g/mol. The van der Waals surface area contributed by atoms with Crippen LogP contribution in [-0.4, -0.2) is 51.4 Å². The number of ether oxygens (including phenoxy) is 1. The molecule has 1 fully saturated rings. The van der Waals surface area contributed by atoms with E-state index in [9.17, 15) is 18.0 Å². The Labute approximate surface area is 156 Å². The molecule has 1 saturated heterocycles. The van der Waals surface area contributed by atoms with Crippen molar-refractivity contribution in [2.24, 2.45) is 4.99 Å². The Morgan fingerprint density at radius 1 is 1.26 bits per heavy atom. The number of nitrogens with zero attached hydrogens (tertiary/aromatic N) is 2. The maximum absolute atomic E-state index is 12.0. The lowest BCUT2D eigenvalue weighted by Crippen LogP contribution is -2.37. The van der Waals surface area contributed by atoms with Crippen molar-refractivity contribution in [3.05, 3.63) is 29.8 Å². The zero-order valence-electron chi connectivity index (χ0n) is 15.3. The van der Waals surface area contributed by atoms with E-state index in [2.05, 4.69) is 20.4 Å². The molecule has 1 amide bonds. The van der Waals surface area contributed by atoms with Gasteiger partial charge in [-0.05, 0) is 30.5 Å². The third kappa shape index (κ3) is 7.46. The van der Waals surface area contributed by atoms with Crippen LogP contribution in [0.15, 0.2) is 29.3 Å². The number of hydrogen-bond donors (Lipinski definition) is 2. The van der Waals surface area contributed by atoms with Gasteiger partial charge in [-0.1, -0.05) is 12.1 Å². The summed E-state index contributed by atoms with van der Waals surface area (Å²) in [7, 11) is 1.62. The lowest BCUT2D eigenvalue weighted by Gasteiger charge is -2.16. The van der Waals surface area contributed by atoms with Gasteiger partial charge in [0.2, 0.25) is 5.91 Å². The van der Waals surface area contributed by atoms with E-state index in [1.165, 1.54) is 0 Å². The van der Waals surface area contributed by atoms with E-state index < -0.39 is 12.8 Å². The Kier molecular flexibility index (Phi) is 7.90. The SMILES string of the molecule is CN=C(NCCCOCC(F)(F)F)NCc1ccc(N2CCCC2=O)cc1. The summed E-state index contributed by atoms with van der Waals surface area (Å²) in [5.74, 6) is 0.717. The van der Waals surface area contributed by atoms with Crippen molar-refractivity contribution >= 4 is 17.6 Å². The van der Waals surface area contributed by atoms with Crippen molar-refractivity contribution in [1.82, 2.24) is 10.6 Å². The fraction of sp³-hybridized carbons (Fsp3) is 0.556. The van der Waals surface area contributed by atoms with Gasteiger partial charge in [-0.2, -0.15) is 13.2 Å². The summed E-state index contributed by atoms with van der Waals surface area (Å²) in [4.78, 5) is 17.6. The minimum Gasteiger partial charge on any atom is -0.372 e. The molecule has 0 aromatic heterocycles. The summed E-state index contributed by atoms with van der Waals surface area (Å²) in [6.07, 6.45) is -2.35. The molecule has 0 radical (unpaired) electrons. The lowest BCUT2D eigenvalue weighted by atomic mass is 10.2. The molecule has 27 heavy (non-hydrogen) atoms. The number of halogens is 3. The molecule has 0 unspecified atom stereocenters. The molecule has 2 rings (SSSR count). The number of carbonyl (C=O) groups is 1. The molecule has 0 saturated carbocycles. The number of carbonyl (C=O) groups excluding carboxylic acids is 1. The van der Waals surface area contributed by atoms with Gasteiger partial charge in [-0.3, -0.25) is 9.79 Å². The van der Waals surface area contributed by atoms with Crippen LogP contribution < -0.4 is 15.5 Å². The van der Waals surface area contributed by atoms with Crippen LogP contribution in [0.2, 0.25) is 0 Å². The van der Waals surface area contributed by atoms with Gasteiger partial charge in [0.05, 0.1) is 0 Å². The molecule has 1 heterocycles. The number of nitrogens with one attached hydrogen (secondary N) is 2. The number of guanidine groups is 1. The highest BCUT2D eigenvalue weighted by Crippen LogP contribution is 2.21. The van der Waals surface area contributed by atoms with Crippen LogP contribution in [-0.2, 0) is 16.1 Å². The number of amides is 1. The molecule has 1 aliphatic heterocycles. The average molecular weight is 386 g/mol. The van der Waals surface area contributed by atoms with E-state index in [4.69, 9.17) is 0 Å². The highest BCUT2D eigenvalue weighted by Gasteiger charge is 2.27. The number of aliphatic imine (C=N–C) groups is 1. The van der Waals surface area contributed by atoms with Crippen LogP contribution in [0.3, 0.4) is 0 Å². The standard InChI is InChI=1S/C18H25F3N4O2/c1-22-17(23-9-3-11-27-13-18(19,20)21)24-12-14-5-7-15(8-6-14)25-10-2-4-16(25)26/h5-8H,2-4,9-13H2,1H3,(H2,22,23,24).